The lowest BCUT2D eigenvalue weighted by Gasteiger charge is -2.13. The molecular weight excluding hydrogens is 333 g/mol. The average Bonchev–Trinajstić information content (AvgIpc) is 2.62. The zero-order valence-electron chi connectivity index (χ0n) is 15.3. The van der Waals surface area contributed by atoms with Gasteiger partial charge in [-0.25, -0.2) is 4.39 Å². The van der Waals surface area contributed by atoms with E-state index in [0.29, 0.717) is 24.5 Å². The molecule has 0 fully saturated rings. The van der Waals surface area contributed by atoms with E-state index in [0.717, 1.165) is 11.1 Å². The lowest BCUT2D eigenvalue weighted by Crippen LogP contribution is -2.23. The number of halogens is 1. The number of amides is 1. The molecule has 138 valence electrons. The monoisotopic (exact) mass is 357 g/mol. The Kier molecular flexibility index (Phi) is 7.21. The van der Waals surface area contributed by atoms with Gasteiger partial charge in [0.25, 0.3) is 0 Å². The second kappa shape index (κ2) is 9.61. The van der Waals surface area contributed by atoms with Crippen molar-refractivity contribution in [3.8, 4) is 11.5 Å². The van der Waals surface area contributed by atoms with Gasteiger partial charge in [-0.15, -0.1) is 0 Å². The van der Waals surface area contributed by atoms with E-state index in [2.05, 4.69) is 5.32 Å². The molecule has 0 aliphatic carbocycles. The molecule has 0 bridgehead atoms. The van der Waals surface area contributed by atoms with E-state index in [1.54, 1.807) is 25.3 Å². The van der Waals surface area contributed by atoms with Gasteiger partial charge in [0.05, 0.1) is 13.2 Å². The fourth-order valence-electron chi connectivity index (χ4n) is 2.35. The Bertz CT molecular complexity index is 754. The summed E-state index contributed by atoms with van der Waals surface area (Å²) in [4.78, 5) is 11.9. The summed E-state index contributed by atoms with van der Waals surface area (Å²) in [5.41, 5.74) is 1.81. The number of nitrogens with one attached hydrogen (secondary N) is 1. The van der Waals surface area contributed by atoms with Gasteiger partial charge < -0.3 is 14.8 Å². The maximum atomic E-state index is 12.8. The summed E-state index contributed by atoms with van der Waals surface area (Å²) in [6, 6.07) is 11.8. The van der Waals surface area contributed by atoms with E-state index in [1.165, 1.54) is 18.2 Å². The molecule has 0 spiro atoms. The number of benzene rings is 2. The minimum Gasteiger partial charge on any atom is -0.493 e. The molecule has 0 saturated heterocycles. The van der Waals surface area contributed by atoms with Crippen LogP contribution in [0.25, 0.3) is 6.08 Å². The van der Waals surface area contributed by atoms with Crippen LogP contribution in [0.3, 0.4) is 0 Å². The van der Waals surface area contributed by atoms with Crippen LogP contribution in [-0.2, 0) is 11.2 Å². The van der Waals surface area contributed by atoms with Crippen LogP contribution in [0.1, 0.15) is 25.0 Å². The van der Waals surface area contributed by atoms with Crippen molar-refractivity contribution in [3.05, 3.63) is 65.5 Å². The predicted molar refractivity (Wildman–Crippen MR) is 101 cm³/mol. The van der Waals surface area contributed by atoms with Gasteiger partial charge >= 0.3 is 0 Å². The number of rotatable bonds is 8. The van der Waals surface area contributed by atoms with Crippen LogP contribution >= 0.6 is 0 Å². The van der Waals surface area contributed by atoms with Gasteiger partial charge in [-0.3, -0.25) is 4.79 Å². The number of hydrogen-bond acceptors (Lipinski definition) is 3. The Morgan fingerprint density at radius 2 is 1.88 bits per heavy atom. The van der Waals surface area contributed by atoms with E-state index in [-0.39, 0.29) is 17.8 Å². The number of ether oxygens (including phenoxy) is 2. The van der Waals surface area contributed by atoms with Crippen LogP contribution in [0.15, 0.2) is 48.5 Å². The maximum Gasteiger partial charge on any atom is 0.244 e. The quantitative estimate of drug-likeness (QED) is 0.727. The Morgan fingerprint density at radius 1 is 1.15 bits per heavy atom. The third kappa shape index (κ3) is 6.24. The molecule has 4 nitrogen and oxygen atoms in total. The van der Waals surface area contributed by atoms with Gasteiger partial charge in [0.15, 0.2) is 11.5 Å². The lowest BCUT2D eigenvalue weighted by atomic mass is 10.1. The molecule has 0 atom stereocenters. The van der Waals surface area contributed by atoms with Gasteiger partial charge in [-0.1, -0.05) is 18.2 Å². The molecule has 0 saturated carbocycles. The first-order valence-corrected chi connectivity index (χ1v) is 8.53. The molecule has 5 heteroatoms. The van der Waals surface area contributed by atoms with E-state index >= 15 is 0 Å². The molecular formula is C21H24FNO3. The molecule has 1 N–H and O–H groups in total. The third-order valence-corrected chi connectivity index (χ3v) is 3.60. The van der Waals surface area contributed by atoms with Crippen molar-refractivity contribution in [1.29, 1.82) is 0 Å². The molecule has 1 amide bonds. The summed E-state index contributed by atoms with van der Waals surface area (Å²) < 4.78 is 23.8. The van der Waals surface area contributed by atoms with Crippen LogP contribution in [0, 0.1) is 5.82 Å². The minimum absolute atomic E-state index is 0.0529. The van der Waals surface area contributed by atoms with Gasteiger partial charge in [0.2, 0.25) is 5.91 Å². The zero-order valence-corrected chi connectivity index (χ0v) is 15.3. The topological polar surface area (TPSA) is 47.6 Å². The summed E-state index contributed by atoms with van der Waals surface area (Å²) in [7, 11) is 1.58. The summed E-state index contributed by atoms with van der Waals surface area (Å²) in [5, 5.41) is 2.81. The smallest absolute Gasteiger partial charge is 0.244 e. The Balaban J connectivity index is 1.87. The van der Waals surface area contributed by atoms with E-state index in [1.807, 2.05) is 32.0 Å². The van der Waals surface area contributed by atoms with Crippen molar-refractivity contribution in [3.63, 3.8) is 0 Å². The molecule has 0 heterocycles. The van der Waals surface area contributed by atoms with Crippen LogP contribution in [-0.4, -0.2) is 25.7 Å². The van der Waals surface area contributed by atoms with Gasteiger partial charge in [0.1, 0.15) is 5.82 Å². The van der Waals surface area contributed by atoms with Crippen molar-refractivity contribution in [2.75, 3.05) is 13.7 Å². The minimum atomic E-state index is -0.263. The molecule has 0 unspecified atom stereocenters. The third-order valence-electron chi connectivity index (χ3n) is 3.60. The molecule has 26 heavy (non-hydrogen) atoms. The van der Waals surface area contributed by atoms with Gasteiger partial charge in [-0.2, -0.15) is 0 Å². The van der Waals surface area contributed by atoms with Crippen LogP contribution in [0.5, 0.6) is 11.5 Å². The van der Waals surface area contributed by atoms with E-state index in [9.17, 15) is 9.18 Å². The number of carbonyl (C=O) groups excluding carboxylic acids is 1. The molecule has 2 aromatic carbocycles. The van der Waals surface area contributed by atoms with Crippen LogP contribution in [0.2, 0.25) is 0 Å². The highest BCUT2D eigenvalue weighted by Gasteiger charge is 2.06. The first-order valence-electron chi connectivity index (χ1n) is 8.53. The predicted octanol–water partition coefficient (Wildman–Crippen LogP) is 3.99. The second-order valence-corrected chi connectivity index (χ2v) is 6.08. The largest absolute Gasteiger partial charge is 0.493 e. The molecule has 0 aliphatic heterocycles. The Labute approximate surface area is 153 Å². The van der Waals surface area contributed by atoms with Crippen LogP contribution < -0.4 is 14.8 Å². The molecule has 0 radical (unpaired) electrons. The summed E-state index contributed by atoms with van der Waals surface area (Å²) >= 11 is 0. The first-order chi connectivity index (χ1) is 12.5. The SMILES string of the molecule is COc1cc(/C=C/C(=O)NCCc2ccc(F)cc2)ccc1OC(C)C. The van der Waals surface area contributed by atoms with Gasteiger partial charge in [0, 0.05) is 12.6 Å². The average molecular weight is 357 g/mol. The highest BCUT2D eigenvalue weighted by Crippen LogP contribution is 2.29. The molecule has 0 aliphatic rings. The lowest BCUT2D eigenvalue weighted by molar-refractivity contribution is -0.116. The fourth-order valence-corrected chi connectivity index (χ4v) is 2.35. The zero-order chi connectivity index (χ0) is 18.9. The van der Waals surface area contributed by atoms with Crippen molar-refractivity contribution in [2.45, 2.75) is 26.4 Å². The second-order valence-electron chi connectivity index (χ2n) is 6.08. The molecule has 2 aromatic rings. The number of hydrogen-bond donors (Lipinski definition) is 1. The van der Waals surface area contributed by atoms with Crippen LogP contribution in [0.4, 0.5) is 4.39 Å². The molecule has 2 rings (SSSR count). The molecule has 0 aromatic heterocycles. The standard InChI is InChI=1S/C21H24FNO3/c1-15(2)26-19-10-6-17(14-20(19)25-3)7-11-21(24)23-13-12-16-4-8-18(22)9-5-16/h4-11,14-15H,12-13H2,1-3H3,(H,23,24)/b11-7+. The normalized spacial score (nSPS) is 11.0. The fraction of sp³-hybridized carbons (Fsp3) is 0.286. The van der Waals surface area contributed by atoms with Gasteiger partial charge in [-0.05, 0) is 61.7 Å². The van der Waals surface area contributed by atoms with Crippen molar-refractivity contribution in [2.24, 2.45) is 0 Å². The Hall–Kier alpha value is -2.82. The first kappa shape index (κ1) is 19.5. The van der Waals surface area contributed by atoms with Crippen molar-refractivity contribution < 1.29 is 18.7 Å². The summed E-state index contributed by atoms with van der Waals surface area (Å²) in [6.45, 7) is 4.38. The summed E-state index contributed by atoms with van der Waals surface area (Å²) in [5.74, 6) is 0.843. The number of carbonyl (C=O) groups is 1. The van der Waals surface area contributed by atoms with Crippen molar-refractivity contribution >= 4 is 12.0 Å². The van der Waals surface area contributed by atoms with E-state index < -0.39 is 0 Å². The van der Waals surface area contributed by atoms with Crippen molar-refractivity contribution in [1.82, 2.24) is 5.32 Å². The maximum absolute atomic E-state index is 12.8. The highest BCUT2D eigenvalue weighted by atomic mass is 19.1. The Morgan fingerprint density at radius 3 is 2.54 bits per heavy atom. The van der Waals surface area contributed by atoms with E-state index in [4.69, 9.17) is 9.47 Å². The summed E-state index contributed by atoms with van der Waals surface area (Å²) in [6.07, 6.45) is 3.89. The number of methoxy groups -OCH3 is 1. The highest BCUT2D eigenvalue weighted by molar-refractivity contribution is 5.91.